The van der Waals surface area contributed by atoms with Crippen LogP contribution in [-0.4, -0.2) is 38.1 Å². The summed E-state index contributed by atoms with van der Waals surface area (Å²) in [5.41, 5.74) is 5.44. The number of carbonyl (C=O) groups is 1. The van der Waals surface area contributed by atoms with Crippen LogP contribution in [0.15, 0.2) is 30.3 Å². The Bertz CT molecular complexity index is 542. The highest BCUT2D eigenvalue weighted by Gasteiger charge is 2.49. The van der Waals surface area contributed by atoms with Crippen molar-refractivity contribution in [2.24, 2.45) is 5.73 Å². The average Bonchev–Trinajstić information content (AvgIpc) is 2.52. The van der Waals surface area contributed by atoms with Crippen LogP contribution in [0.3, 0.4) is 0 Å². The van der Waals surface area contributed by atoms with Crippen molar-refractivity contribution in [3.63, 3.8) is 0 Å². The first-order chi connectivity index (χ1) is 11.0. The van der Waals surface area contributed by atoms with E-state index in [1.807, 2.05) is 30.3 Å². The maximum Gasteiger partial charge on any atom is 0.331 e. The topological polar surface area (TPSA) is 81.8 Å². The van der Waals surface area contributed by atoms with Crippen LogP contribution in [0.2, 0.25) is 18.1 Å². The summed E-state index contributed by atoms with van der Waals surface area (Å²) >= 11 is 0. The first-order valence-electron chi connectivity index (χ1n) is 8.29. The van der Waals surface area contributed by atoms with Gasteiger partial charge >= 0.3 is 5.97 Å². The van der Waals surface area contributed by atoms with Crippen molar-refractivity contribution >= 4 is 14.3 Å². The molecule has 1 aromatic rings. The standard InChI is InChI=1S/C18H31NO4Si/c1-7-22-16(21)18(19,13-20)15(14-11-9-8-10-12-14)23-24(5,6)17(2,3)4/h8-12,15,20H,7,13,19H2,1-6H3/t15-,18-/m1/s1. The van der Waals surface area contributed by atoms with Crippen LogP contribution in [-0.2, 0) is 14.0 Å². The highest BCUT2D eigenvalue weighted by molar-refractivity contribution is 6.74. The van der Waals surface area contributed by atoms with Crippen LogP contribution in [0.4, 0.5) is 0 Å². The van der Waals surface area contributed by atoms with E-state index in [0.717, 1.165) is 5.56 Å². The van der Waals surface area contributed by atoms with Crippen LogP contribution >= 0.6 is 0 Å². The second-order valence-electron chi connectivity index (χ2n) is 7.59. The van der Waals surface area contributed by atoms with E-state index in [9.17, 15) is 9.90 Å². The van der Waals surface area contributed by atoms with Crippen LogP contribution in [0.5, 0.6) is 0 Å². The highest BCUT2D eigenvalue weighted by Crippen LogP contribution is 2.42. The highest BCUT2D eigenvalue weighted by atomic mass is 28.4. The Morgan fingerprint density at radius 2 is 1.79 bits per heavy atom. The summed E-state index contributed by atoms with van der Waals surface area (Å²) in [6.07, 6.45) is -0.774. The summed E-state index contributed by atoms with van der Waals surface area (Å²) in [6.45, 7) is 11.9. The van der Waals surface area contributed by atoms with Gasteiger partial charge in [0, 0.05) is 0 Å². The Morgan fingerprint density at radius 1 is 1.25 bits per heavy atom. The molecule has 0 radical (unpaired) electrons. The number of hydrogen-bond acceptors (Lipinski definition) is 5. The molecule has 0 aliphatic carbocycles. The number of aliphatic hydroxyl groups is 1. The maximum atomic E-state index is 12.5. The molecule has 0 bridgehead atoms. The van der Waals surface area contributed by atoms with Gasteiger partial charge in [-0.2, -0.15) is 0 Å². The minimum absolute atomic E-state index is 0.0644. The van der Waals surface area contributed by atoms with Gasteiger partial charge in [-0.15, -0.1) is 0 Å². The third-order valence-corrected chi connectivity index (χ3v) is 9.14. The summed E-state index contributed by atoms with van der Waals surface area (Å²) in [6, 6.07) is 9.32. The van der Waals surface area contributed by atoms with E-state index in [1.54, 1.807) is 6.92 Å². The fraction of sp³-hybridized carbons (Fsp3) is 0.611. The van der Waals surface area contributed by atoms with Crippen LogP contribution in [0.1, 0.15) is 39.4 Å². The Hall–Kier alpha value is -1.21. The van der Waals surface area contributed by atoms with Crippen molar-refractivity contribution in [3.05, 3.63) is 35.9 Å². The molecule has 0 amide bonds. The zero-order valence-electron chi connectivity index (χ0n) is 15.6. The molecule has 0 aliphatic heterocycles. The van der Waals surface area contributed by atoms with E-state index in [0.29, 0.717) is 0 Å². The molecule has 24 heavy (non-hydrogen) atoms. The van der Waals surface area contributed by atoms with Gasteiger partial charge in [0.25, 0.3) is 0 Å². The normalized spacial score (nSPS) is 16.3. The lowest BCUT2D eigenvalue weighted by Gasteiger charge is -2.43. The van der Waals surface area contributed by atoms with Crippen LogP contribution in [0, 0.1) is 0 Å². The maximum absolute atomic E-state index is 12.5. The SMILES string of the molecule is CCOC(=O)[C@@](N)(CO)[C@H](O[Si](C)(C)C(C)(C)C)c1ccccc1. The summed E-state index contributed by atoms with van der Waals surface area (Å²) in [7, 11) is -2.24. The predicted molar refractivity (Wildman–Crippen MR) is 98.1 cm³/mol. The van der Waals surface area contributed by atoms with E-state index in [-0.39, 0.29) is 11.6 Å². The Balaban J connectivity index is 3.36. The van der Waals surface area contributed by atoms with Crippen molar-refractivity contribution in [2.45, 2.75) is 57.5 Å². The zero-order chi connectivity index (χ0) is 18.6. The van der Waals surface area contributed by atoms with E-state index in [2.05, 4.69) is 33.9 Å². The smallest absolute Gasteiger partial charge is 0.331 e. The molecule has 0 saturated carbocycles. The predicted octanol–water partition coefficient (Wildman–Crippen LogP) is 3.00. The summed E-state index contributed by atoms with van der Waals surface area (Å²) < 4.78 is 11.6. The van der Waals surface area contributed by atoms with E-state index < -0.39 is 32.5 Å². The Morgan fingerprint density at radius 3 is 2.21 bits per heavy atom. The molecule has 0 saturated heterocycles. The minimum atomic E-state index is -2.24. The molecule has 136 valence electrons. The zero-order valence-corrected chi connectivity index (χ0v) is 16.6. The molecule has 0 aliphatic rings. The number of rotatable bonds is 7. The molecule has 0 aromatic heterocycles. The van der Waals surface area contributed by atoms with E-state index >= 15 is 0 Å². The number of nitrogens with two attached hydrogens (primary N) is 1. The fourth-order valence-electron chi connectivity index (χ4n) is 2.09. The third kappa shape index (κ3) is 4.45. The molecule has 0 spiro atoms. The van der Waals surface area contributed by atoms with Crippen molar-refractivity contribution in [1.29, 1.82) is 0 Å². The number of aliphatic hydroxyl groups excluding tert-OH is 1. The summed E-state index contributed by atoms with van der Waals surface area (Å²) in [5.74, 6) is -0.653. The summed E-state index contributed by atoms with van der Waals surface area (Å²) in [5, 5.41) is 9.86. The van der Waals surface area contributed by atoms with Crippen LogP contribution < -0.4 is 5.73 Å². The third-order valence-electron chi connectivity index (χ3n) is 4.71. The Labute approximate surface area is 146 Å². The van der Waals surface area contributed by atoms with Crippen molar-refractivity contribution in [1.82, 2.24) is 0 Å². The molecular weight excluding hydrogens is 322 g/mol. The van der Waals surface area contributed by atoms with Crippen molar-refractivity contribution in [3.8, 4) is 0 Å². The van der Waals surface area contributed by atoms with Gasteiger partial charge in [-0.1, -0.05) is 51.1 Å². The quantitative estimate of drug-likeness (QED) is 0.582. The number of carbonyl (C=O) groups excluding carboxylic acids is 1. The summed E-state index contributed by atoms with van der Waals surface area (Å²) in [4.78, 5) is 12.5. The number of hydrogen-bond donors (Lipinski definition) is 2. The lowest BCUT2D eigenvalue weighted by Crippen LogP contribution is -2.60. The monoisotopic (exact) mass is 353 g/mol. The van der Waals surface area contributed by atoms with Crippen molar-refractivity contribution in [2.75, 3.05) is 13.2 Å². The first-order valence-corrected chi connectivity index (χ1v) is 11.2. The molecule has 3 N–H and O–H groups in total. The van der Waals surface area contributed by atoms with Gasteiger partial charge in [0.2, 0.25) is 0 Å². The second-order valence-corrected chi connectivity index (χ2v) is 12.3. The lowest BCUT2D eigenvalue weighted by molar-refractivity contribution is -0.156. The first kappa shape index (κ1) is 20.8. The van der Waals surface area contributed by atoms with Crippen molar-refractivity contribution < 1.29 is 19.1 Å². The minimum Gasteiger partial charge on any atom is -0.464 e. The molecule has 5 nitrogen and oxygen atoms in total. The molecule has 1 aromatic carbocycles. The molecule has 0 unspecified atom stereocenters. The lowest BCUT2D eigenvalue weighted by atomic mass is 9.89. The molecule has 6 heteroatoms. The van der Waals surface area contributed by atoms with Gasteiger partial charge in [-0.3, -0.25) is 0 Å². The number of ether oxygens (including phenoxy) is 1. The molecule has 2 atom stereocenters. The van der Waals surface area contributed by atoms with Gasteiger partial charge in [0.05, 0.1) is 13.2 Å². The number of benzene rings is 1. The van der Waals surface area contributed by atoms with Gasteiger partial charge in [0.1, 0.15) is 6.10 Å². The van der Waals surface area contributed by atoms with E-state index in [4.69, 9.17) is 14.9 Å². The largest absolute Gasteiger partial charge is 0.464 e. The van der Waals surface area contributed by atoms with Crippen LogP contribution in [0.25, 0.3) is 0 Å². The second kappa shape index (κ2) is 7.78. The molecular formula is C18H31NO4Si. The van der Waals surface area contributed by atoms with Gasteiger partial charge in [-0.05, 0) is 30.6 Å². The van der Waals surface area contributed by atoms with Gasteiger partial charge < -0.3 is 20.0 Å². The number of esters is 1. The molecule has 0 fully saturated rings. The Kier molecular flexibility index (Phi) is 6.75. The van der Waals surface area contributed by atoms with Gasteiger partial charge in [-0.25, -0.2) is 4.79 Å². The fourth-order valence-corrected chi connectivity index (χ4v) is 3.38. The van der Waals surface area contributed by atoms with E-state index in [1.165, 1.54) is 0 Å². The molecule has 0 heterocycles. The molecule has 1 rings (SSSR count). The average molecular weight is 354 g/mol. The van der Waals surface area contributed by atoms with Gasteiger partial charge in [0.15, 0.2) is 13.9 Å².